The first kappa shape index (κ1) is 15.5. The molecule has 0 radical (unpaired) electrons. The lowest BCUT2D eigenvalue weighted by atomic mass is 9.99. The van der Waals surface area contributed by atoms with Crippen molar-refractivity contribution in [3.05, 3.63) is 35.9 Å². The standard InChI is InChI=1S/C13H17F3N2O/c1-9(10-6-4-3-5-7-10)8-18-11(19)12(2,17)13(14,15)16/h3-7,9H,8,17H2,1-2H3,(H,18,19). The van der Waals surface area contributed by atoms with Crippen LogP contribution in [0.5, 0.6) is 0 Å². The van der Waals surface area contributed by atoms with E-state index >= 15 is 0 Å². The minimum Gasteiger partial charge on any atom is -0.354 e. The van der Waals surface area contributed by atoms with Crippen LogP contribution < -0.4 is 11.1 Å². The van der Waals surface area contributed by atoms with Crippen LogP contribution in [0.4, 0.5) is 13.2 Å². The van der Waals surface area contributed by atoms with Gasteiger partial charge in [-0.3, -0.25) is 4.79 Å². The first-order valence-corrected chi connectivity index (χ1v) is 5.85. The van der Waals surface area contributed by atoms with Crippen LogP contribution in [0, 0.1) is 0 Å². The van der Waals surface area contributed by atoms with Crippen LogP contribution in [0.25, 0.3) is 0 Å². The van der Waals surface area contributed by atoms with E-state index in [0.717, 1.165) is 5.56 Å². The number of hydrogen-bond donors (Lipinski definition) is 2. The Balaban J connectivity index is 2.61. The largest absolute Gasteiger partial charge is 0.415 e. The van der Waals surface area contributed by atoms with E-state index in [1.165, 1.54) is 0 Å². The van der Waals surface area contributed by atoms with Crippen molar-refractivity contribution in [3.63, 3.8) is 0 Å². The third-order valence-corrected chi connectivity index (χ3v) is 3.00. The molecule has 0 bridgehead atoms. The molecule has 0 heterocycles. The zero-order valence-corrected chi connectivity index (χ0v) is 10.8. The molecule has 2 atom stereocenters. The molecule has 106 valence electrons. The van der Waals surface area contributed by atoms with Gasteiger partial charge in [0, 0.05) is 6.54 Å². The summed E-state index contributed by atoms with van der Waals surface area (Å²) in [5.41, 5.74) is 3.09. The minimum absolute atomic E-state index is 0.0887. The fourth-order valence-electron chi connectivity index (χ4n) is 1.46. The Hall–Kier alpha value is -1.56. The van der Waals surface area contributed by atoms with E-state index in [9.17, 15) is 18.0 Å². The zero-order valence-electron chi connectivity index (χ0n) is 10.8. The predicted octanol–water partition coefficient (Wildman–Crippen LogP) is 2.19. The van der Waals surface area contributed by atoms with Crippen LogP contribution in [0.3, 0.4) is 0 Å². The van der Waals surface area contributed by atoms with Crippen molar-refractivity contribution in [1.29, 1.82) is 0 Å². The number of hydrogen-bond acceptors (Lipinski definition) is 2. The summed E-state index contributed by atoms with van der Waals surface area (Å²) in [7, 11) is 0. The molecule has 0 aromatic heterocycles. The first-order valence-electron chi connectivity index (χ1n) is 5.85. The van der Waals surface area contributed by atoms with Crippen LogP contribution in [-0.2, 0) is 4.79 Å². The van der Waals surface area contributed by atoms with E-state index in [-0.39, 0.29) is 12.5 Å². The molecule has 0 saturated carbocycles. The fourth-order valence-corrected chi connectivity index (χ4v) is 1.46. The number of benzene rings is 1. The average Bonchev–Trinajstić information content (AvgIpc) is 2.35. The highest BCUT2D eigenvalue weighted by molar-refractivity contribution is 5.86. The Kier molecular flexibility index (Phi) is 4.57. The summed E-state index contributed by atoms with van der Waals surface area (Å²) in [6, 6.07) is 9.20. The molecule has 0 fully saturated rings. The monoisotopic (exact) mass is 274 g/mol. The molecule has 3 nitrogen and oxygen atoms in total. The lowest BCUT2D eigenvalue weighted by molar-refractivity contribution is -0.187. The van der Waals surface area contributed by atoms with Crippen LogP contribution in [0.15, 0.2) is 30.3 Å². The van der Waals surface area contributed by atoms with Crippen molar-refractivity contribution >= 4 is 5.91 Å². The normalized spacial score (nSPS) is 16.5. The number of alkyl halides is 3. The molecule has 19 heavy (non-hydrogen) atoms. The van der Waals surface area contributed by atoms with Gasteiger partial charge in [-0.1, -0.05) is 37.3 Å². The molecular formula is C13H17F3N2O. The Morgan fingerprint density at radius 2 is 1.84 bits per heavy atom. The highest BCUT2D eigenvalue weighted by Crippen LogP contribution is 2.28. The maximum atomic E-state index is 12.5. The van der Waals surface area contributed by atoms with Crippen LogP contribution in [0.2, 0.25) is 0 Å². The van der Waals surface area contributed by atoms with Crippen LogP contribution in [-0.4, -0.2) is 24.2 Å². The number of rotatable bonds is 4. The van der Waals surface area contributed by atoms with Crippen molar-refractivity contribution in [2.24, 2.45) is 5.73 Å². The van der Waals surface area contributed by atoms with E-state index in [1.807, 2.05) is 37.3 Å². The molecule has 1 amide bonds. The highest BCUT2D eigenvalue weighted by Gasteiger charge is 2.53. The smallest absolute Gasteiger partial charge is 0.354 e. The van der Waals surface area contributed by atoms with E-state index < -0.39 is 17.6 Å². The van der Waals surface area contributed by atoms with Gasteiger partial charge >= 0.3 is 6.18 Å². The lowest BCUT2D eigenvalue weighted by Crippen LogP contribution is -2.61. The van der Waals surface area contributed by atoms with Gasteiger partial charge < -0.3 is 11.1 Å². The Morgan fingerprint density at radius 3 is 2.32 bits per heavy atom. The number of nitrogens with two attached hydrogens (primary N) is 1. The highest BCUT2D eigenvalue weighted by atomic mass is 19.4. The Bertz CT molecular complexity index is 429. The summed E-state index contributed by atoms with van der Waals surface area (Å²) in [5.74, 6) is -1.31. The van der Waals surface area contributed by atoms with E-state index in [0.29, 0.717) is 6.92 Å². The van der Waals surface area contributed by atoms with Crippen molar-refractivity contribution < 1.29 is 18.0 Å². The summed E-state index contributed by atoms with van der Waals surface area (Å²) in [4.78, 5) is 11.5. The quantitative estimate of drug-likeness (QED) is 0.884. The van der Waals surface area contributed by atoms with Gasteiger partial charge in [0.05, 0.1) is 0 Å². The van der Waals surface area contributed by atoms with Gasteiger partial charge in [-0.2, -0.15) is 13.2 Å². The topological polar surface area (TPSA) is 55.1 Å². The van der Waals surface area contributed by atoms with E-state index in [2.05, 4.69) is 5.32 Å². The van der Waals surface area contributed by atoms with Gasteiger partial charge in [-0.15, -0.1) is 0 Å². The molecule has 2 unspecified atom stereocenters. The molecule has 1 rings (SSSR count). The number of carbonyl (C=O) groups excluding carboxylic acids is 1. The predicted molar refractivity (Wildman–Crippen MR) is 66.5 cm³/mol. The average molecular weight is 274 g/mol. The van der Waals surface area contributed by atoms with Crippen molar-refractivity contribution in [2.75, 3.05) is 6.54 Å². The number of carbonyl (C=O) groups is 1. The molecule has 6 heteroatoms. The molecule has 0 spiro atoms. The van der Waals surface area contributed by atoms with Gasteiger partial charge in [0.25, 0.3) is 0 Å². The molecule has 1 aromatic rings. The minimum atomic E-state index is -4.77. The van der Waals surface area contributed by atoms with Gasteiger partial charge in [0.1, 0.15) is 0 Å². The Labute approximate surface area is 110 Å². The van der Waals surface area contributed by atoms with Crippen LogP contribution >= 0.6 is 0 Å². The van der Waals surface area contributed by atoms with Gasteiger partial charge in [-0.25, -0.2) is 0 Å². The van der Waals surface area contributed by atoms with Crippen molar-refractivity contribution in [1.82, 2.24) is 5.32 Å². The molecule has 0 saturated heterocycles. The molecule has 0 aliphatic rings. The molecule has 0 aliphatic carbocycles. The third kappa shape index (κ3) is 3.70. The van der Waals surface area contributed by atoms with Crippen LogP contribution in [0.1, 0.15) is 25.3 Å². The van der Waals surface area contributed by atoms with Gasteiger partial charge in [0.15, 0.2) is 5.54 Å². The van der Waals surface area contributed by atoms with Crippen molar-refractivity contribution in [2.45, 2.75) is 31.5 Å². The third-order valence-electron chi connectivity index (χ3n) is 3.00. The number of nitrogens with one attached hydrogen (secondary N) is 1. The fraction of sp³-hybridized carbons (Fsp3) is 0.462. The molecule has 3 N–H and O–H groups in total. The maximum Gasteiger partial charge on any atom is 0.415 e. The second-order valence-electron chi connectivity index (χ2n) is 4.72. The second-order valence-corrected chi connectivity index (χ2v) is 4.72. The second kappa shape index (κ2) is 5.61. The van der Waals surface area contributed by atoms with Crippen molar-refractivity contribution in [3.8, 4) is 0 Å². The lowest BCUT2D eigenvalue weighted by Gasteiger charge is -2.26. The summed E-state index contributed by atoms with van der Waals surface area (Å²) in [6.07, 6.45) is -4.77. The zero-order chi connectivity index (χ0) is 14.7. The molecule has 0 aliphatic heterocycles. The molecular weight excluding hydrogens is 257 g/mol. The number of halogens is 3. The maximum absolute atomic E-state index is 12.5. The van der Waals surface area contributed by atoms with E-state index in [4.69, 9.17) is 5.73 Å². The first-order chi connectivity index (χ1) is 8.66. The summed E-state index contributed by atoms with van der Waals surface area (Å²) < 4.78 is 37.6. The summed E-state index contributed by atoms with van der Waals surface area (Å²) in [6.45, 7) is 2.58. The van der Waals surface area contributed by atoms with E-state index in [1.54, 1.807) is 0 Å². The van der Waals surface area contributed by atoms with Gasteiger partial charge in [-0.05, 0) is 18.4 Å². The summed E-state index contributed by atoms with van der Waals surface area (Å²) in [5, 5.41) is 2.24. The summed E-state index contributed by atoms with van der Waals surface area (Å²) >= 11 is 0. The number of amides is 1. The SMILES string of the molecule is CC(CNC(=O)C(C)(N)C(F)(F)F)c1ccccc1. The van der Waals surface area contributed by atoms with Gasteiger partial charge in [0.2, 0.25) is 5.91 Å². The molecule has 1 aromatic carbocycles. The Morgan fingerprint density at radius 1 is 1.32 bits per heavy atom.